The minimum Gasteiger partial charge on any atom is -0.327 e. The summed E-state index contributed by atoms with van der Waals surface area (Å²) in [7, 11) is 0. The number of nitrogens with two attached hydrogens (primary N) is 1. The van der Waals surface area contributed by atoms with Gasteiger partial charge in [0.2, 0.25) is 0 Å². The maximum Gasteiger partial charge on any atom is 0.0141 e. The smallest absolute Gasteiger partial charge is 0.0141 e. The van der Waals surface area contributed by atoms with Crippen molar-refractivity contribution in [1.29, 1.82) is 0 Å². The van der Waals surface area contributed by atoms with Crippen LogP contribution in [0.15, 0.2) is 12.2 Å². The van der Waals surface area contributed by atoms with Crippen molar-refractivity contribution in [1.82, 2.24) is 0 Å². The van der Waals surface area contributed by atoms with Gasteiger partial charge < -0.3 is 5.73 Å². The first-order valence-corrected chi connectivity index (χ1v) is 4.50. The zero-order valence-electron chi connectivity index (χ0n) is 7.84. The first-order chi connectivity index (χ1) is 5.05. The normalized spacial score (nSPS) is 42.9. The lowest BCUT2D eigenvalue weighted by Gasteiger charge is -2.31. The van der Waals surface area contributed by atoms with Gasteiger partial charge in [0.15, 0.2) is 0 Å². The zero-order valence-corrected chi connectivity index (χ0v) is 8.66. The highest BCUT2D eigenvalue weighted by Crippen LogP contribution is 2.57. The van der Waals surface area contributed by atoms with E-state index in [4.69, 9.17) is 5.73 Å². The second-order valence-electron chi connectivity index (χ2n) is 4.61. The number of rotatable bonds is 0. The van der Waals surface area contributed by atoms with E-state index in [1.807, 2.05) is 0 Å². The number of halogens is 1. The summed E-state index contributed by atoms with van der Waals surface area (Å²) >= 11 is 0. The predicted molar refractivity (Wildman–Crippen MR) is 54.4 cm³/mol. The molecule has 0 heterocycles. The summed E-state index contributed by atoms with van der Waals surface area (Å²) < 4.78 is 0. The Morgan fingerprint density at radius 3 is 2.25 bits per heavy atom. The molecule has 2 N–H and O–H groups in total. The van der Waals surface area contributed by atoms with Gasteiger partial charge in [0.05, 0.1) is 0 Å². The molecule has 2 aliphatic carbocycles. The van der Waals surface area contributed by atoms with Crippen molar-refractivity contribution in [3.63, 3.8) is 0 Å². The topological polar surface area (TPSA) is 26.0 Å². The summed E-state index contributed by atoms with van der Waals surface area (Å²) in [5, 5.41) is 0. The summed E-state index contributed by atoms with van der Waals surface area (Å²) in [4.78, 5) is 0. The van der Waals surface area contributed by atoms with E-state index in [2.05, 4.69) is 20.4 Å². The van der Waals surface area contributed by atoms with Crippen LogP contribution in [0.4, 0.5) is 0 Å². The lowest BCUT2D eigenvalue weighted by atomic mass is 9.73. The Hall–Kier alpha value is -0.0100. The van der Waals surface area contributed by atoms with Gasteiger partial charge in [-0.2, -0.15) is 0 Å². The van der Waals surface area contributed by atoms with Gasteiger partial charge in [0.1, 0.15) is 0 Å². The van der Waals surface area contributed by atoms with Crippen molar-refractivity contribution < 1.29 is 0 Å². The fraction of sp³-hybridized carbons (Fsp3) is 0.800. The van der Waals surface area contributed by atoms with Gasteiger partial charge >= 0.3 is 0 Å². The van der Waals surface area contributed by atoms with E-state index in [0.29, 0.717) is 23.3 Å². The molecule has 0 aromatic heterocycles. The van der Waals surface area contributed by atoms with E-state index in [1.165, 1.54) is 18.4 Å². The molecule has 2 fully saturated rings. The molecule has 0 saturated heterocycles. The van der Waals surface area contributed by atoms with Crippen LogP contribution in [-0.2, 0) is 0 Å². The van der Waals surface area contributed by atoms with E-state index >= 15 is 0 Å². The molecule has 0 aromatic rings. The van der Waals surface area contributed by atoms with E-state index < -0.39 is 0 Å². The van der Waals surface area contributed by atoms with Crippen LogP contribution in [0.2, 0.25) is 0 Å². The Balaban J connectivity index is 0.000000720. The SMILES string of the molecule is C=C1[C@H]2CC[C@H](C2N)C1(C)C.Cl. The molecular formula is C10H18ClN. The molecule has 0 spiro atoms. The highest BCUT2D eigenvalue weighted by atomic mass is 35.5. The molecule has 0 radical (unpaired) electrons. The lowest BCUT2D eigenvalue weighted by Crippen LogP contribution is -2.29. The Bertz CT molecular complexity index is 210. The van der Waals surface area contributed by atoms with Gasteiger partial charge in [-0.05, 0) is 30.1 Å². The summed E-state index contributed by atoms with van der Waals surface area (Å²) in [5.74, 6) is 1.34. The second-order valence-corrected chi connectivity index (χ2v) is 4.61. The molecule has 2 bridgehead atoms. The largest absolute Gasteiger partial charge is 0.327 e. The number of hydrogen-bond acceptors (Lipinski definition) is 1. The monoisotopic (exact) mass is 187 g/mol. The molecule has 1 nitrogen and oxygen atoms in total. The van der Waals surface area contributed by atoms with Crippen LogP contribution in [0.25, 0.3) is 0 Å². The molecule has 2 aliphatic rings. The van der Waals surface area contributed by atoms with Crippen molar-refractivity contribution in [3.05, 3.63) is 12.2 Å². The third kappa shape index (κ3) is 0.961. The number of fused-ring (bicyclic) bond motifs is 2. The van der Waals surface area contributed by atoms with Crippen molar-refractivity contribution in [2.75, 3.05) is 0 Å². The maximum atomic E-state index is 6.09. The summed E-state index contributed by atoms with van der Waals surface area (Å²) in [5.41, 5.74) is 7.82. The van der Waals surface area contributed by atoms with Gasteiger partial charge in [-0.25, -0.2) is 0 Å². The second kappa shape index (κ2) is 2.74. The summed E-state index contributed by atoms with van der Waals surface area (Å²) in [6.07, 6.45) is 2.60. The molecule has 12 heavy (non-hydrogen) atoms. The first kappa shape index (κ1) is 10.1. The molecule has 0 amide bonds. The van der Waals surface area contributed by atoms with E-state index in [0.717, 1.165) is 0 Å². The van der Waals surface area contributed by atoms with Crippen molar-refractivity contribution in [2.45, 2.75) is 32.7 Å². The molecule has 3 atom stereocenters. The van der Waals surface area contributed by atoms with Gasteiger partial charge in [-0.3, -0.25) is 0 Å². The fourth-order valence-electron chi connectivity index (χ4n) is 2.99. The van der Waals surface area contributed by atoms with Gasteiger partial charge in [-0.1, -0.05) is 26.0 Å². The maximum absolute atomic E-state index is 6.09. The predicted octanol–water partition coefficient (Wildman–Crippen LogP) is 2.36. The van der Waals surface area contributed by atoms with E-state index in [9.17, 15) is 0 Å². The minimum atomic E-state index is 0. The van der Waals surface area contributed by atoms with Crippen molar-refractivity contribution in [2.24, 2.45) is 23.0 Å². The van der Waals surface area contributed by atoms with Crippen LogP contribution in [0.1, 0.15) is 26.7 Å². The van der Waals surface area contributed by atoms with Crippen LogP contribution in [-0.4, -0.2) is 6.04 Å². The van der Waals surface area contributed by atoms with Crippen LogP contribution in [0, 0.1) is 17.3 Å². The van der Waals surface area contributed by atoms with Gasteiger partial charge in [0, 0.05) is 6.04 Å². The highest BCUT2D eigenvalue weighted by molar-refractivity contribution is 5.85. The molecule has 1 unspecified atom stereocenters. The third-order valence-corrected chi connectivity index (χ3v) is 3.92. The van der Waals surface area contributed by atoms with Crippen molar-refractivity contribution >= 4 is 12.4 Å². The molecule has 0 aromatic carbocycles. The Morgan fingerprint density at radius 1 is 1.42 bits per heavy atom. The Morgan fingerprint density at radius 2 is 2.00 bits per heavy atom. The van der Waals surface area contributed by atoms with E-state index in [1.54, 1.807) is 0 Å². The van der Waals surface area contributed by atoms with Crippen LogP contribution < -0.4 is 5.73 Å². The summed E-state index contributed by atoms with van der Waals surface area (Å²) in [6.45, 7) is 8.74. The molecular weight excluding hydrogens is 170 g/mol. The highest BCUT2D eigenvalue weighted by Gasteiger charge is 2.53. The zero-order chi connectivity index (χ0) is 8.22. The van der Waals surface area contributed by atoms with Gasteiger partial charge in [-0.15, -0.1) is 12.4 Å². The molecule has 0 aliphatic heterocycles. The summed E-state index contributed by atoms with van der Waals surface area (Å²) in [6, 6.07) is 0.414. The third-order valence-electron chi connectivity index (χ3n) is 3.92. The van der Waals surface area contributed by atoms with Crippen LogP contribution in [0.3, 0.4) is 0 Å². The van der Waals surface area contributed by atoms with Crippen LogP contribution >= 0.6 is 12.4 Å². The quantitative estimate of drug-likeness (QED) is 0.579. The molecule has 2 rings (SSSR count). The standard InChI is InChI=1S/C10H17N.ClH/c1-6-7-4-5-8(9(7)11)10(6,2)3;/h7-9H,1,4-5,11H2,2-3H3;1H/t7-,8-,9?;/m1./s1. The first-order valence-electron chi connectivity index (χ1n) is 4.50. The minimum absolute atomic E-state index is 0. The molecule has 2 saturated carbocycles. The average molecular weight is 188 g/mol. The van der Waals surface area contributed by atoms with Gasteiger partial charge in [0.25, 0.3) is 0 Å². The average Bonchev–Trinajstić information content (AvgIpc) is 2.34. The van der Waals surface area contributed by atoms with Crippen LogP contribution in [0.5, 0.6) is 0 Å². The molecule has 2 heteroatoms. The fourth-order valence-corrected chi connectivity index (χ4v) is 2.99. The van der Waals surface area contributed by atoms with Crippen molar-refractivity contribution in [3.8, 4) is 0 Å². The van der Waals surface area contributed by atoms with E-state index in [-0.39, 0.29) is 12.4 Å². The number of hydrogen-bond donors (Lipinski definition) is 1. The molecule has 70 valence electrons. The lowest BCUT2D eigenvalue weighted by molar-refractivity contribution is 0.277. The Kier molecular flexibility index (Phi) is 2.30. The Labute approximate surface area is 80.8 Å².